The van der Waals surface area contributed by atoms with Crippen LogP contribution in [-0.4, -0.2) is 23.6 Å². The van der Waals surface area contributed by atoms with Gasteiger partial charge in [0.25, 0.3) is 15.9 Å². The van der Waals surface area contributed by atoms with Crippen LogP contribution in [0.3, 0.4) is 0 Å². The summed E-state index contributed by atoms with van der Waals surface area (Å²) < 4.78 is 34.6. The van der Waals surface area contributed by atoms with Gasteiger partial charge in [-0.1, -0.05) is 17.7 Å². The van der Waals surface area contributed by atoms with Crippen molar-refractivity contribution in [1.29, 1.82) is 0 Å². The highest BCUT2D eigenvalue weighted by Crippen LogP contribution is 2.41. The first kappa shape index (κ1) is 18.1. The number of nitrogens with one attached hydrogen (secondary N) is 2. The van der Waals surface area contributed by atoms with Gasteiger partial charge in [-0.25, -0.2) is 8.42 Å². The van der Waals surface area contributed by atoms with Crippen molar-refractivity contribution in [2.75, 3.05) is 4.72 Å². The molecule has 0 bridgehead atoms. The maximum atomic E-state index is 13.1. The summed E-state index contributed by atoms with van der Waals surface area (Å²) in [5.74, 6) is 1.05. The van der Waals surface area contributed by atoms with E-state index in [1.165, 1.54) is 0 Å². The summed E-state index contributed by atoms with van der Waals surface area (Å²) in [4.78, 5) is 3.15. The number of rotatable bonds is 5. The summed E-state index contributed by atoms with van der Waals surface area (Å²) in [5, 5.41) is 8.48. The summed E-state index contributed by atoms with van der Waals surface area (Å²) in [5.41, 5.74) is 2.78. The van der Waals surface area contributed by atoms with Crippen LogP contribution in [0.25, 0.3) is 11.5 Å². The standard InChI is InChI=1S/C18H19ClN4O3S/c1-9-4-7-14(13(19)8-9)23-27(24,25)16-11(3)20-10(2)15(16)18-22-21-17(26-18)12-5-6-12/h4,7-8,12,20,23H,5-6H2,1-3H3. The molecule has 4 rings (SSSR count). The van der Waals surface area contributed by atoms with Gasteiger partial charge in [0.2, 0.25) is 5.89 Å². The van der Waals surface area contributed by atoms with E-state index in [1.54, 1.807) is 32.0 Å². The highest BCUT2D eigenvalue weighted by molar-refractivity contribution is 7.93. The predicted octanol–water partition coefficient (Wildman–Crippen LogP) is 4.32. The Morgan fingerprint density at radius 3 is 2.59 bits per heavy atom. The van der Waals surface area contributed by atoms with Crippen LogP contribution in [0.5, 0.6) is 0 Å². The van der Waals surface area contributed by atoms with Crippen LogP contribution >= 0.6 is 11.6 Å². The molecule has 1 saturated carbocycles. The Labute approximate surface area is 162 Å². The minimum absolute atomic E-state index is 0.0858. The molecule has 0 aliphatic heterocycles. The van der Waals surface area contributed by atoms with Crippen molar-refractivity contribution >= 4 is 27.3 Å². The Hall–Kier alpha value is -2.32. The molecule has 0 spiro atoms. The predicted molar refractivity (Wildman–Crippen MR) is 103 cm³/mol. The van der Waals surface area contributed by atoms with Gasteiger partial charge in [-0.2, -0.15) is 0 Å². The second kappa shape index (κ2) is 6.38. The number of aromatic amines is 1. The average Bonchev–Trinajstić information content (AvgIpc) is 3.23. The third-order valence-electron chi connectivity index (χ3n) is 4.54. The number of halogens is 1. The van der Waals surface area contributed by atoms with E-state index in [2.05, 4.69) is 19.9 Å². The fraction of sp³-hybridized carbons (Fsp3) is 0.333. The number of hydrogen-bond donors (Lipinski definition) is 2. The molecule has 0 atom stereocenters. The second-order valence-corrected chi connectivity index (χ2v) is 8.91. The van der Waals surface area contributed by atoms with Gasteiger partial charge in [0.1, 0.15) is 4.90 Å². The van der Waals surface area contributed by atoms with Gasteiger partial charge >= 0.3 is 0 Å². The molecule has 0 unspecified atom stereocenters. The smallest absolute Gasteiger partial charge is 0.264 e. The molecular formula is C18H19ClN4O3S. The van der Waals surface area contributed by atoms with Crippen molar-refractivity contribution in [3.05, 3.63) is 46.1 Å². The Balaban J connectivity index is 1.78. The molecule has 1 aliphatic carbocycles. The van der Waals surface area contributed by atoms with E-state index in [0.29, 0.717) is 33.6 Å². The highest BCUT2D eigenvalue weighted by Gasteiger charge is 2.33. The fourth-order valence-corrected chi connectivity index (χ4v) is 4.95. The zero-order chi connectivity index (χ0) is 19.3. The Kier molecular flexibility index (Phi) is 4.27. The molecule has 2 N–H and O–H groups in total. The minimum atomic E-state index is -3.93. The van der Waals surface area contributed by atoms with Gasteiger partial charge in [-0.3, -0.25) is 4.72 Å². The van der Waals surface area contributed by atoms with Crippen molar-refractivity contribution < 1.29 is 12.8 Å². The Bertz CT molecular complexity index is 1130. The number of sulfonamides is 1. The first-order chi connectivity index (χ1) is 12.8. The number of H-pyrrole nitrogens is 1. The lowest BCUT2D eigenvalue weighted by Gasteiger charge is -2.11. The summed E-state index contributed by atoms with van der Waals surface area (Å²) in [6.45, 7) is 5.36. The third-order valence-corrected chi connectivity index (χ3v) is 6.39. The molecule has 0 radical (unpaired) electrons. The minimum Gasteiger partial charge on any atom is -0.420 e. The van der Waals surface area contributed by atoms with Crippen LogP contribution < -0.4 is 4.72 Å². The summed E-state index contributed by atoms with van der Waals surface area (Å²) in [7, 11) is -3.93. The van der Waals surface area contributed by atoms with Gasteiger partial charge in [0.05, 0.1) is 16.3 Å². The molecule has 1 fully saturated rings. The molecule has 2 heterocycles. The number of aromatic nitrogens is 3. The Morgan fingerprint density at radius 2 is 1.93 bits per heavy atom. The van der Waals surface area contributed by atoms with Gasteiger partial charge in [0.15, 0.2) is 0 Å². The lowest BCUT2D eigenvalue weighted by Crippen LogP contribution is -2.15. The third kappa shape index (κ3) is 3.35. The number of nitrogens with zero attached hydrogens (tertiary/aromatic N) is 2. The van der Waals surface area contributed by atoms with E-state index in [1.807, 2.05) is 6.92 Å². The molecule has 1 aliphatic rings. The van der Waals surface area contributed by atoms with Crippen LogP contribution in [0.15, 0.2) is 27.5 Å². The van der Waals surface area contributed by atoms with Crippen LogP contribution in [0, 0.1) is 20.8 Å². The van der Waals surface area contributed by atoms with E-state index < -0.39 is 10.0 Å². The molecule has 9 heteroatoms. The number of benzene rings is 1. The van der Waals surface area contributed by atoms with Gasteiger partial charge in [0, 0.05) is 17.3 Å². The van der Waals surface area contributed by atoms with Gasteiger partial charge in [-0.05, 0) is 51.3 Å². The van der Waals surface area contributed by atoms with E-state index in [-0.39, 0.29) is 16.7 Å². The van der Waals surface area contributed by atoms with Crippen molar-refractivity contribution in [1.82, 2.24) is 15.2 Å². The monoisotopic (exact) mass is 406 g/mol. The van der Waals surface area contributed by atoms with Crippen LogP contribution in [0.4, 0.5) is 5.69 Å². The number of aryl methyl sites for hydroxylation is 3. The fourth-order valence-electron chi connectivity index (χ4n) is 3.08. The molecule has 2 aromatic heterocycles. The second-order valence-electron chi connectivity index (χ2n) is 6.89. The van der Waals surface area contributed by atoms with Gasteiger partial charge < -0.3 is 9.40 Å². The highest BCUT2D eigenvalue weighted by atomic mass is 35.5. The van der Waals surface area contributed by atoms with E-state index in [9.17, 15) is 8.42 Å². The SMILES string of the molecule is Cc1ccc(NS(=O)(=O)c2c(C)[nH]c(C)c2-c2nnc(C3CC3)o2)c(Cl)c1. The molecular weight excluding hydrogens is 388 g/mol. The first-order valence-corrected chi connectivity index (χ1v) is 10.4. The zero-order valence-corrected chi connectivity index (χ0v) is 16.7. The lowest BCUT2D eigenvalue weighted by atomic mass is 10.2. The average molecular weight is 407 g/mol. The lowest BCUT2D eigenvalue weighted by molar-refractivity contribution is 0.507. The van der Waals surface area contributed by atoms with Crippen molar-refractivity contribution in [2.45, 2.75) is 44.4 Å². The quantitative estimate of drug-likeness (QED) is 0.657. The molecule has 142 valence electrons. The van der Waals surface area contributed by atoms with Gasteiger partial charge in [-0.15, -0.1) is 10.2 Å². The normalized spacial score (nSPS) is 14.5. The van der Waals surface area contributed by atoms with E-state index in [0.717, 1.165) is 18.4 Å². The molecule has 7 nitrogen and oxygen atoms in total. The Morgan fingerprint density at radius 1 is 1.19 bits per heavy atom. The van der Waals surface area contributed by atoms with Crippen LogP contribution in [0.2, 0.25) is 5.02 Å². The van der Waals surface area contributed by atoms with Crippen LogP contribution in [-0.2, 0) is 10.0 Å². The molecule has 0 amide bonds. The summed E-state index contributed by atoms with van der Waals surface area (Å²) >= 11 is 6.19. The number of anilines is 1. The molecule has 1 aromatic carbocycles. The summed E-state index contributed by atoms with van der Waals surface area (Å²) in [6.07, 6.45) is 2.04. The molecule has 0 saturated heterocycles. The largest absolute Gasteiger partial charge is 0.420 e. The molecule has 3 aromatic rings. The molecule has 27 heavy (non-hydrogen) atoms. The van der Waals surface area contributed by atoms with E-state index in [4.69, 9.17) is 16.0 Å². The zero-order valence-electron chi connectivity index (χ0n) is 15.1. The topological polar surface area (TPSA) is 101 Å². The maximum Gasteiger partial charge on any atom is 0.264 e. The van der Waals surface area contributed by atoms with Crippen molar-refractivity contribution in [3.8, 4) is 11.5 Å². The first-order valence-electron chi connectivity index (χ1n) is 8.58. The van der Waals surface area contributed by atoms with E-state index >= 15 is 0 Å². The van der Waals surface area contributed by atoms with Crippen molar-refractivity contribution in [3.63, 3.8) is 0 Å². The van der Waals surface area contributed by atoms with Crippen molar-refractivity contribution in [2.24, 2.45) is 0 Å². The summed E-state index contributed by atoms with van der Waals surface area (Å²) in [6, 6.07) is 5.14. The van der Waals surface area contributed by atoms with Crippen LogP contribution in [0.1, 0.15) is 41.6 Å². The number of hydrogen-bond acceptors (Lipinski definition) is 5. The maximum absolute atomic E-state index is 13.1.